The monoisotopic (exact) mass is 526 g/mol. The largest absolute Gasteiger partial charge is 0.134 e. The molecule has 0 atom stereocenters. The van der Waals surface area contributed by atoms with Gasteiger partial charge in [0, 0.05) is 11.1 Å². The third-order valence-corrected chi connectivity index (χ3v) is 11.9. The maximum atomic E-state index is 3.71. The standard InChI is InChI=1S/C36H38Si2/c1-7-35(3,4)37-19-17-31-29-15-11-12-16-30(29)32(18-20-38-36(5,6)8-2)34-24-28-22-26-14-10-9-13-25(26)21-27(28)23-33(31)34/h9-16,21-24H,7-8,37-38H2,1-6H3. The van der Waals surface area contributed by atoms with Crippen molar-refractivity contribution in [1.82, 2.24) is 0 Å². The van der Waals surface area contributed by atoms with Gasteiger partial charge in [0.1, 0.15) is 19.0 Å². The predicted molar refractivity (Wildman–Crippen MR) is 176 cm³/mol. The molecule has 38 heavy (non-hydrogen) atoms. The van der Waals surface area contributed by atoms with Crippen LogP contribution in [0.5, 0.6) is 0 Å². The van der Waals surface area contributed by atoms with Gasteiger partial charge in [0.2, 0.25) is 0 Å². The molecule has 0 N–H and O–H groups in total. The van der Waals surface area contributed by atoms with Crippen molar-refractivity contribution in [1.29, 1.82) is 0 Å². The van der Waals surface area contributed by atoms with Crippen LogP contribution in [0.4, 0.5) is 0 Å². The summed E-state index contributed by atoms with van der Waals surface area (Å²) in [7, 11) is -1.06. The third-order valence-electron chi connectivity index (χ3n) is 8.32. The fraction of sp³-hybridized carbons (Fsp3) is 0.278. The fourth-order valence-corrected chi connectivity index (χ4v) is 6.87. The van der Waals surface area contributed by atoms with Crippen molar-refractivity contribution in [2.75, 3.05) is 0 Å². The lowest BCUT2D eigenvalue weighted by molar-refractivity contribution is 0.648. The topological polar surface area (TPSA) is 0 Å². The van der Waals surface area contributed by atoms with Crippen molar-refractivity contribution in [3.63, 3.8) is 0 Å². The molecule has 0 heterocycles. The van der Waals surface area contributed by atoms with Gasteiger partial charge >= 0.3 is 0 Å². The van der Waals surface area contributed by atoms with Gasteiger partial charge in [-0.3, -0.25) is 0 Å². The second-order valence-corrected chi connectivity index (χ2v) is 17.5. The quantitative estimate of drug-likeness (QED) is 0.125. The van der Waals surface area contributed by atoms with E-state index in [4.69, 9.17) is 0 Å². The van der Waals surface area contributed by atoms with E-state index in [0.717, 1.165) is 0 Å². The predicted octanol–water partition coefficient (Wildman–Crippen LogP) is 8.47. The van der Waals surface area contributed by atoms with Gasteiger partial charge in [0.15, 0.2) is 0 Å². The van der Waals surface area contributed by atoms with Crippen LogP contribution in [0.1, 0.15) is 65.5 Å². The van der Waals surface area contributed by atoms with E-state index in [1.807, 2.05) is 0 Å². The molecule has 190 valence electrons. The zero-order valence-corrected chi connectivity index (χ0v) is 26.6. The number of hydrogen-bond donors (Lipinski definition) is 0. The molecule has 0 bridgehead atoms. The first-order chi connectivity index (χ1) is 18.2. The summed E-state index contributed by atoms with van der Waals surface area (Å²) in [6.45, 7) is 14.0. The number of hydrogen-bond acceptors (Lipinski definition) is 0. The minimum Gasteiger partial charge on any atom is -0.134 e. The number of fused-ring (bicyclic) bond motifs is 4. The number of benzene rings is 5. The highest BCUT2D eigenvalue weighted by molar-refractivity contribution is 6.50. The molecule has 0 aromatic heterocycles. The van der Waals surface area contributed by atoms with E-state index in [1.54, 1.807) is 0 Å². The lowest BCUT2D eigenvalue weighted by Crippen LogP contribution is -2.09. The highest BCUT2D eigenvalue weighted by atomic mass is 28.2. The average Bonchev–Trinajstić information content (AvgIpc) is 2.92. The van der Waals surface area contributed by atoms with E-state index < -0.39 is 19.0 Å². The molecule has 0 spiro atoms. The maximum absolute atomic E-state index is 3.71. The minimum atomic E-state index is -0.531. The second kappa shape index (κ2) is 10.5. The SMILES string of the molecule is CCC(C)(C)[SiH2]C#Cc1c2ccccc2c(C#C[SiH2]C(C)(C)CC)c2cc3cc4ccccc4cc3cc12. The van der Waals surface area contributed by atoms with Gasteiger partial charge in [0.05, 0.1) is 0 Å². The van der Waals surface area contributed by atoms with Crippen LogP contribution in [0.3, 0.4) is 0 Å². The summed E-state index contributed by atoms with van der Waals surface area (Å²) < 4.78 is 0. The Hall–Kier alpha value is -3.31. The summed E-state index contributed by atoms with van der Waals surface area (Å²) in [6.07, 6.45) is 2.36. The van der Waals surface area contributed by atoms with Crippen LogP contribution in [0.2, 0.25) is 10.1 Å². The summed E-state index contributed by atoms with van der Waals surface area (Å²) in [5.74, 6) is 7.42. The van der Waals surface area contributed by atoms with Gasteiger partial charge in [-0.25, -0.2) is 0 Å². The Kier molecular flexibility index (Phi) is 7.24. The molecule has 0 amide bonds. The lowest BCUT2D eigenvalue weighted by atomic mass is 9.90. The van der Waals surface area contributed by atoms with Gasteiger partial charge < -0.3 is 0 Å². The highest BCUT2D eigenvalue weighted by Gasteiger charge is 2.17. The van der Waals surface area contributed by atoms with Crippen LogP contribution >= 0.6 is 0 Å². The molecule has 0 unspecified atom stereocenters. The van der Waals surface area contributed by atoms with Gasteiger partial charge in [-0.1, -0.05) is 115 Å². The van der Waals surface area contributed by atoms with Crippen molar-refractivity contribution in [3.05, 3.63) is 83.9 Å². The maximum Gasteiger partial charge on any atom is 0.113 e. The van der Waals surface area contributed by atoms with Crippen molar-refractivity contribution >= 4 is 62.1 Å². The molecule has 0 radical (unpaired) electrons. The van der Waals surface area contributed by atoms with Crippen LogP contribution in [0.25, 0.3) is 43.1 Å². The molecule has 0 aliphatic carbocycles. The van der Waals surface area contributed by atoms with E-state index in [-0.39, 0.29) is 0 Å². The molecule has 0 fully saturated rings. The van der Waals surface area contributed by atoms with Gasteiger partial charge in [-0.2, -0.15) is 0 Å². The Morgan fingerprint density at radius 1 is 0.526 bits per heavy atom. The summed E-state index contributed by atoms with van der Waals surface area (Å²) in [5.41, 5.74) is 9.75. The zero-order valence-electron chi connectivity index (χ0n) is 23.8. The van der Waals surface area contributed by atoms with Gasteiger partial charge in [-0.15, -0.1) is 11.1 Å². The highest BCUT2D eigenvalue weighted by Crippen LogP contribution is 2.36. The van der Waals surface area contributed by atoms with E-state index in [9.17, 15) is 0 Å². The lowest BCUT2D eigenvalue weighted by Gasteiger charge is -2.18. The first kappa shape index (κ1) is 26.3. The molecule has 5 rings (SSSR count). The first-order valence-corrected chi connectivity index (χ1v) is 16.8. The van der Waals surface area contributed by atoms with Gasteiger partial charge in [-0.05, 0) is 77.4 Å². The van der Waals surface area contributed by atoms with Crippen molar-refractivity contribution < 1.29 is 0 Å². The van der Waals surface area contributed by atoms with E-state index in [2.05, 4.69) is 137 Å². The molecular weight excluding hydrogens is 489 g/mol. The average molecular weight is 527 g/mol. The van der Waals surface area contributed by atoms with E-state index >= 15 is 0 Å². The van der Waals surface area contributed by atoms with Crippen LogP contribution in [0, 0.1) is 22.9 Å². The first-order valence-electron chi connectivity index (χ1n) is 14.0. The van der Waals surface area contributed by atoms with Crippen molar-refractivity contribution in [2.45, 2.75) is 64.5 Å². The molecule has 0 saturated heterocycles. The molecule has 0 saturated carbocycles. The normalized spacial score (nSPS) is 12.6. The molecule has 0 aliphatic heterocycles. The number of rotatable bonds is 4. The van der Waals surface area contributed by atoms with Crippen molar-refractivity contribution in [3.8, 4) is 22.9 Å². The molecule has 2 heteroatoms. The molecule has 0 aliphatic rings. The van der Waals surface area contributed by atoms with Crippen LogP contribution in [-0.2, 0) is 0 Å². The summed E-state index contributed by atoms with van der Waals surface area (Å²) in [4.78, 5) is 0. The minimum absolute atomic E-state index is 0.354. The Balaban J connectivity index is 1.84. The van der Waals surface area contributed by atoms with Crippen LogP contribution in [-0.4, -0.2) is 19.0 Å². The smallest absolute Gasteiger partial charge is 0.113 e. The molecular formula is C36H38Si2. The molecule has 0 nitrogen and oxygen atoms in total. The summed E-state index contributed by atoms with van der Waals surface area (Å²) in [5, 5.41) is 10.7. The van der Waals surface area contributed by atoms with E-state index in [1.165, 1.54) is 67.1 Å². The zero-order chi connectivity index (χ0) is 26.9. The third kappa shape index (κ3) is 5.30. The summed E-state index contributed by atoms with van der Waals surface area (Å²) >= 11 is 0. The Labute approximate surface area is 232 Å². The van der Waals surface area contributed by atoms with Gasteiger partial charge in [0.25, 0.3) is 0 Å². The Morgan fingerprint density at radius 3 is 1.32 bits per heavy atom. The Bertz CT molecular complexity index is 1670. The fourth-order valence-electron chi connectivity index (χ4n) is 4.88. The van der Waals surface area contributed by atoms with Crippen LogP contribution < -0.4 is 0 Å². The van der Waals surface area contributed by atoms with Crippen LogP contribution in [0.15, 0.2) is 72.8 Å². The Morgan fingerprint density at radius 2 is 0.921 bits per heavy atom. The molecule has 5 aromatic rings. The van der Waals surface area contributed by atoms with E-state index in [0.29, 0.717) is 10.1 Å². The molecule has 5 aromatic carbocycles. The summed E-state index contributed by atoms with van der Waals surface area (Å²) in [6, 6.07) is 26.8. The van der Waals surface area contributed by atoms with Crippen molar-refractivity contribution in [2.24, 2.45) is 0 Å². The second-order valence-electron chi connectivity index (χ2n) is 12.2.